The molecule has 0 bridgehead atoms. The van der Waals surface area contributed by atoms with Crippen LogP contribution in [0, 0.1) is 0 Å². The van der Waals surface area contributed by atoms with Crippen molar-refractivity contribution < 1.29 is 0 Å². The van der Waals surface area contributed by atoms with Gasteiger partial charge in [-0.25, -0.2) is 0 Å². The fourth-order valence-corrected chi connectivity index (χ4v) is 12.3. The largest absolute Gasteiger partial charge is 0.311 e. The molecule has 11 aromatic rings. The Kier molecular flexibility index (Phi) is 8.69. The molecule has 1 spiro atoms. The molecule has 0 saturated carbocycles. The lowest BCUT2D eigenvalue weighted by atomic mass is 9.73. The molecule has 1 unspecified atom stereocenters. The van der Waals surface area contributed by atoms with E-state index in [0.29, 0.717) is 0 Å². The van der Waals surface area contributed by atoms with Crippen LogP contribution in [0.1, 0.15) is 21.6 Å². The van der Waals surface area contributed by atoms with Gasteiger partial charge in [0.2, 0.25) is 0 Å². The lowest BCUT2D eigenvalue weighted by Gasteiger charge is -2.29. The van der Waals surface area contributed by atoms with E-state index in [1.807, 2.05) is 11.3 Å². The number of hydrogen-bond donors (Lipinski definition) is 0. The molecule has 2 heteroatoms. The molecule has 1 nitrogen and oxygen atoms in total. The lowest BCUT2D eigenvalue weighted by molar-refractivity contribution is 0.812. The van der Waals surface area contributed by atoms with Crippen LogP contribution in [0.15, 0.2) is 249 Å². The summed E-state index contributed by atoms with van der Waals surface area (Å²) in [4.78, 5) is 3.81. The smallest absolute Gasteiger partial charge is 0.0819 e. The van der Waals surface area contributed by atoms with E-state index in [9.17, 15) is 0 Å². The summed E-state index contributed by atoms with van der Waals surface area (Å²) in [7, 11) is 0. The van der Waals surface area contributed by atoms with Gasteiger partial charge in [-0.05, 0) is 126 Å². The number of nitrogens with zero attached hydrogens (tertiary/aromatic N) is 1. The topological polar surface area (TPSA) is 3.24 Å². The Morgan fingerprint density at radius 2 is 0.708 bits per heavy atom. The predicted molar refractivity (Wildman–Crippen MR) is 275 cm³/mol. The summed E-state index contributed by atoms with van der Waals surface area (Å²) in [6, 6.07) is 91.5. The molecule has 65 heavy (non-hydrogen) atoms. The summed E-state index contributed by atoms with van der Waals surface area (Å²) in [6.45, 7) is 0. The molecular formula is C63H41NS. The van der Waals surface area contributed by atoms with Crippen molar-refractivity contribution in [3.63, 3.8) is 0 Å². The molecule has 0 aliphatic heterocycles. The minimum atomic E-state index is -0.381. The second-order valence-corrected chi connectivity index (χ2v) is 18.2. The fourth-order valence-electron chi connectivity index (χ4n) is 10.8. The first-order valence-corrected chi connectivity index (χ1v) is 23.2. The summed E-state index contributed by atoms with van der Waals surface area (Å²) in [5.74, 6) is 0. The average Bonchev–Trinajstić information content (AvgIpc) is 4.01. The molecule has 0 radical (unpaired) electrons. The summed E-state index contributed by atoms with van der Waals surface area (Å²) >= 11 is 1.96. The molecule has 2 aliphatic rings. The van der Waals surface area contributed by atoms with Crippen molar-refractivity contribution in [3.8, 4) is 66.8 Å². The van der Waals surface area contributed by atoms with E-state index in [-0.39, 0.29) is 5.41 Å². The summed E-state index contributed by atoms with van der Waals surface area (Å²) in [5, 5.41) is 1.35. The van der Waals surface area contributed by atoms with Crippen LogP contribution in [0.4, 0.5) is 17.1 Å². The molecular weight excluding hydrogens is 803 g/mol. The average molecular weight is 844 g/mol. The van der Waals surface area contributed by atoms with Crippen LogP contribution in [0.5, 0.6) is 0 Å². The van der Waals surface area contributed by atoms with E-state index < -0.39 is 0 Å². The molecule has 13 rings (SSSR count). The van der Waals surface area contributed by atoms with Crippen molar-refractivity contribution in [2.24, 2.45) is 0 Å². The van der Waals surface area contributed by atoms with Crippen LogP contribution in [-0.2, 0) is 5.41 Å². The molecule has 1 heterocycles. The lowest BCUT2D eigenvalue weighted by Crippen LogP contribution is -2.24. The molecule has 2 aliphatic carbocycles. The van der Waals surface area contributed by atoms with Gasteiger partial charge in [-0.2, -0.15) is 0 Å². The van der Waals surface area contributed by atoms with Crippen LogP contribution in [-0.4, -0.2) is 0 Å². The van der Waals surface area contributed by atoms with Gasteiger partial charge in [0.1, 0.15) is 0 Å². The zero-order valence-corrected chi connectivity index (χ0v) is 36.3. The quantitative estimate of drug-likeness (QED) is 0.154. The van der Waals surface area contributed by atoms with Crippen LogP contribution in [0.3, 0.4) is 0 Å². The number of rotatable bonds is 7. The summed E-state index contributed by atoms with van der Waals surface area (Å²) in [6.07, 6.45) is 0. The van der Waals surface area contributed by atoms with Gasteiger partial charge in [-0.1, -0.05) is 200 Å². The van der Waals surface area contributed by atoms with Gasteiger partial charge in [0.05, 0.1) is 5.41 Å². The first-order chi connectivity index (χ1) is 32.2. The molecule has 0 N–H and O–H groups in total. The monoisotopic (exact) mass is 843 g/mol. The summed E-state index contributed by atoms with van der Waals surface area (Å²) in [5.41, 5.74) is 22.1. The molecule has 1 aromatic heterocycles. The van der Waals surface area contributed by atoms with Crippen molar-refractivity contribution in [1.82, 2.24) is 0 Å². The summed E-state index contributed by atoms with van der Waals surface area (Å²) < 4.78 is 1.34. The molecule has 0 saturated heterocycles. The Labute approximate surface area is 383 Å². The van der Waals surface area contributed by atoms with Crippen LogP contribution in [0.2, 0.25) is 0 Å². The number of anilines is 3. The highest BCUT2D eigenvalue weighted by atomic mass is 32.1. The Bertz CT molecular complexity index is 3570. The third-order valence-electron chi connectivity index (χ3n) is 13.7. The Morgan fingerprint density at radius 3 is 1.34 bits per heavy atom. The van der Waals surface area contributed by atoms with E-state index >= 15 is 0 Å². The van der Waals surface area contributed by atoms with Crippen molar-refractivity contribution in [3.05, 3.63) is 270 Å². The first kappa shape index (κ1) is 37.5. The predicted octanol–water partition coefficient (Wildman–Crippen LogP) is 17.4. The Hall–Kier alpha value is -8.04. The third-order valence-corrected chi connectivity index (χ3v) is 15.0. The van der Waals surface area contributed by atoms with Crippen LogP contribution < -0.4 is 4.90 Å². The number of thiophene rings is 1. The van der Waals surface area contributed by atoms with Crippen molar-refractivity contribution in [1.29, 1.82) is 0 Å². The SMILES string of the molecule is c1ccc(-c2ccc(N(c3ccc(-c4ccc5c(c4)C4(c6ccccc6-5)c5ccccc5-c5c4sc4ccccc54)cc3)c3ccc(-c4ccccc4-c4ccccc4)cc3)cc2)cc1. The van der Waals surface area contributed by atoms with Crippen molar-refractivity contribution >= 4 is 38.5 Å². The molecule has 1 atom stereocenters. The highest BCUT2D eigenvalue weighted by Crippen LogP contribution is 2.66. The number of benzene rings is 10. The molecule has 0 fully saturated rings. The van der Waals surface area contributed by atoms with E-state index in [1.54, 1.807) is 0 Å². The van der Waals surface area contributed by atoms with Gasteiger partial charge in [0, 0.05) is 37.6 Å². The van der Waals surface area contributed by atoms with Gasteiger partial charge >= 0.3 is 0 Å². The zero-order valence-electron chi connectivity index (χ0n) is 35.5. The van der Waals surface area contributed by atoms with Gasteiger partial charge in [0.25, 0.3) is 0 Å². The van der Waals surface area contributed by atoms with Gasteiger partial charge < -0.3 is 4.90 Å². The second-order valence-electron chi connectivity index (χ2n) is 17.2. The van der Waals surface area contributed by atoms with Crippen LogP contribution >= 0.6 is 11.3 Å². The Balaban J connectivity index is 0.914. The number of hydrogen-bond acceptors (Lipinski definition) is 2. The Morgan fingerprint density at radius 1 is 0.292 bits per heavy atom. The van der Waals surface area contributed by atoms with Crippen molar-refractivity contribution in [2.45, 2.75) is 5.41 Å². The number of fused-ring (bicyclic) bond motifs is 12. The maximum Gasteiger partial charge on any atom is 0.0819 e. The molecule has 304 valence electrons. The standard InChI is InChI=1S/C63H41NS/c1-3-15-42(16-4-1)43-27-34-48(35-28-43)64(50-38-31-46(32-39-50)52-20-8-7-19-51(52)45-17-5-2-6-18-45)49-36-29-44(30-37-49)47-33-40-54-53-21-9-12-24-57(53)63(59(54)41-47)58-25-13-10-22-55(58)61-56-23-11-14-26-60(56)65-62(61)63/h1-41H. The highest BCUT2D eigenvalue weighted by molar-refractivity contribution is 7.20. The van der Waals surface area contributed by atoms with E-state index in [1.165, 1.54) is 98.4 Å². The minimum absolute atomic E-state index is 0.381. The fraction of sp³-hybridized carbons (Fsp3) is 0.0159. The molecule has 0 amide bonds. The van der Waals surface area contributed by atoms with Gasteiger partial charge in [-0.3, -0.25) is 0 Å². The maximum atomic E-state index is 2.49. The second kappa shape index (κ2) is 15.1. The van der Waals surface area contributed by atoms with Gasteiger partial charge in [-0.15, -0.1) is 11.3 Å². The minimum Gasteiger partial charge on any atom is -0.311 e. The van der Waals surface area contributed by atoms with Crippen LogP contribution in [0.25, 0.3) is 76.8 Å². The first-order valence-electron chi connectivity index (χ1n) is 22.4. The van der Waals surface area contributed by atoms with Crippen molar-refractivity contribution in [2.75, 3.05) is 4.90 Å². The zero-order chi connectivity index (χ0) is 42.9. The third kappa shape index (κ3) is 5.85. The van der Waals surface area contributed by atoms with E-state index in [4.69, 9.17) is 0 Å². The highest BCUT2D eigenvalue weighted by Gasteiger charge is 2.53. The van der Waals surface area contributed by atoms with E-state index in [0.717, 1.165) is 17.1 Å². The van der Waals surface area contributed by atoms with Gasteiger partial charge in [0.15, 0.2) is 0 Å². The normalized spacial score (nSPS) is 14.2. The maximum absolute atomic E-state index is 2.49. The van der Waals surface area contributed by atoms with E-state index in [2.05, 4.69) is 254 Å². The molecule has 10 aromatic carbocycles.